The molecule has 0 bridgehead atoms. The van der Waals surface area contributed by atoms with Crippen LogP contribution in [0, 0.1) is 0 Å². The number of ether oxygens (including phenoxy) is 1. The highest BCUT2D eigenvalue weighted by molar-refractivity contribution is 4.91. The second kappa shape index (κ2) is 3.06. The molecule has 0 aromatic heterocycles. The fourth-order valence-electron chi connectivity index (χ4n) is 1.15. The van der Waals surface area contributed by atoms with Crippen LogP contribution in [-0.4, -0.2) is 17.3 Å². The van der Waals surface area contributed by atoms with Crippen LogP contribution in [0.4, 0.5) is 0 Å². The molecule has 10 heavy (non-hydrogen) atoms. The van der Waals surface area contributed by atoms with Gasteiger partial charge in [0.05, 0.1) is 12.9 Å². The van der Waals surface area contributed by atoms with Crippen molar-refractivity contribution in [1.29, 1.82) is 0 Å². The molecular weight excluding hydrogens is 128 g/mol. The molecule has 2 nitrogen and oxygen atoms in total. The van der Waals surface area contributed by atoms with Gasteiger partial charge in [-0.15, -0.1) is 0 Å². The van der Waals surface area contributed by atoms with Crippen LogP contribution in [0.25, 0.3) is 0 Å². The van der Waals surface area contributed by atoms with Gasteiger partial charge in [0.15, 0.2) is 0 Å². The Morgan fingerprint density at radius 1 is 1.70 bits per heavy atom. The second-order valence-electron chi connectivity index (χ2n) is 2.72. The quantitative estimate of drug-likeness (QED) is 0.632. The van der Waals surface area contributed by atoms with Gasteiger partial charge in [-0.3, -0.25) is 0 Å². The molecule has 0 spiro atoms. The summed E-state index contributed by atoms with van der Waals surface area (Å²) < 4.78 is 5.33. The minimum absolute atomic E-state index is 0.133. The molecule has 1 aliphatic heterocycles. The molecule has 1 heterocycles. The van der Waals surface area contributed by atoms with Crippen molar-refractivity contribution >= 4 is 0 Å². The van der Waals surface area contributed by atoms with Gasteiger partial charge < -0.3 is 9.84 Å². The van der Waals surface area contributed by atoms with E-state index in [1.165, 1.54) is 0 Å². The first-order valence-corrected chi connectivity index (χ1v) is 3.77. The molecule has 0 aromatic rings. The molecule has 58 valence electrons. The minimum Gasteiger partial charge on any atom is -0.493 e. The van der Waals surface area contributed by atoms with E-state index in [9.17, 15) is 0 Å². The first kappa shape index (κ1) is 7.61. The van der Waals surface area contributed by atoms with Gasteiger partial charge in [-0.05, 0) is 25.3 Å². The van der Waals surface area contributed by atoms with E-state index in [-0.39, 0.29) is 12.2 Å². The second-order valence-corrected chi connectivity index (χ2v) is 2.72. The predicted molar refractivity (Wildman–Crippen MR) is 39.6 cm³/mol. The zero-order valence-corrected chi connectivity index (χ0v) is 6.34. The molecule has 0 amide bonds. The Morgan fingerprint density at radius 3 is 2.80 bits per heavy atom. The highest BCUT2D eigenvalue weighted by Crippen LogP contribution is 2.25. The lowest BCUT2D eigenvalue weighted by atomic mass is 9.94. The Bertz CT molecular complexity index is 125. The van der Waals surface area contributed by atoms with Crippen molar-refractivity contribution in [2.24, 2.45) is 0 Å². The van der Waals surface area contributed by atoms with Crippen LogP contribution >= 0.6 is 0 Å². The maximum Gasteiger partial charge on any atom is 0.131 e. The lowest BCUT2D eigenvalue weighted by Gasteiger charge is -2.32. The Morgan fingerprint density at radius 2 is 2.50 bits per heavy atom. The van der Waals surface area contributed by atoms with Crippen LogP contribution in [0.15, 0.2) is 12.3 Å². The Labute approximate surface area is 61.5 Å². The summed E-state index contributed by atoms with van der Waals surface area (Å²) >= 11 is 0. The van der Waals surface area contributed by atoms with Gasteiger partial charge >= 0.3 is 0 Å². The molecule has 1 N–H and O–H groups in total. The van der Waals surface area contributed by atoms with Gasteiger partial charge in [0, 0.05) is 0 Å². The molecule has 1 rings (SSSR count). The largest absolute Gasteiger partial charge is 0.493 e. The third-order valence-corrected chi connectivity index (χ3v) is 2.11. The molecule has 1 atom stereocenters. The van der Waals surface area contributed by atoms with Gasteiger partial charge in [0.2, 0.25) is 0 Å². The summed E-state index contributed by atoms with van der Waals surface area (Å²) in [5, 5.41) is 8.98. The van der Waals surface area contributed by atoms with Crippen LogP contribution < -0.4 is 0 Å². The fraction of sp³-hybridized carbons (Fsp3) is 0.750. The molecule has 0 aromatic carbocycles. The summed E-state index contributed by atoms with van der Waals surface area (Å²) in [4.78, 5) is 0. The van der Waals surface area contributed by atoms with Gasteiger partial charge in [0.25, 0.3) is 0 Å². The predicted octanol–water partition coefficient (Wildman–Crippen LogP) is 1.45. The van der Waals surface area contributed by atoms with E-state index in [4.69, 9.17) is 9.84 Å². The summed E-state index contributed by atoms with van der Waals surface area (Å²) in [5.74, 6) is 0. The molecule has 1 aliphatic rings. The van der Waals surface area contributed by atoms with Crippen molar-refractivity contribution < 1.29 is 9.84 Å². The normalized spacial score (nSPS) is 31.8. The highest BCUT2D eigenvalue weighted by Gasteiger charge is 2.28. The van der Waals surface area contributed by atoms with E-state index in [1.54, 1.807) is 6.26 Å². The molecule has 0 aliphatic carbocycles. The van der Waals surface area contributed by atoms with Crippen molar-refractivity contribution in [1.82, 2.24) is 0 Å². The van der Waals surface area contributed by atoms with Crippen molar-refractivity contribution in [3.8, 4) is 0 Å². The van der Waals surface area contributed by atoms with Gasteiger partial charge in [-0.1, -0.05) is 6.92 Å². The zero-order valence-electron chi connectivity index (χ0n) is 6.34. The van der Waals surface area contributed by atoms with E-state index in [1.807, 2.05) is 13.0 Å². The zero-order chi connectivity index (χ0) is 7.45. The van der Waals surface area contributed by atoms with Crippen LogP contribution in [0.3, 0.4) is 0 Å². The van der Waals surface area contributed by atoms with E-state index < -0.39 is 0 Å². The third-order valence-electron chi connectivity index (χ3n) is 2.11. The molecule has 0 radical (unpaired) electrons. The molecule has 2 heteroatoms. The van der Waals surface area contributed by atoms with Gasteiger partial charge in [-0.2, -0.15) is 0 Å². The van der Waals surface area contributed by atoms with Crippen LogP contribution in [0.1, 0.15) is 26.2 Å². The summed E-state index contributed by atoms with van der Waals surface area (Å²) in [6.07, 6.45) is 6.53. The maximum atomic E-state index is 8.98. The molecule has 0 saturated heterocycles. The molecule has 0 unspecified atom stereocenters. The van der Waals surface area contributed by atoms with Crippen molar-refractivity contribution in [2.75, 3.05) is 6.61 Å². The van der Waals surface area contributed by atoms with Crippen molar-refractivity contribution in [3.05, 3.63) is 12.3 Å². The first-order valence-electron chi connectivity index (χ1n) is 3.77. The topological polar surface area (TPSA) is 29.5 Å². The first-order chi connectivity index (χ1) is 4.83. The van der Waals surface area contributed by atoms with Gasteiger partial charge in [0.1, 0.15) is 5.60 Å². The summed E-state index contributed by atoms with van der Waals surface area (Å²) in [5.41, 5.74) is -0.269. The Kier molecular flexibility index (Phi) is 2.33. The number of allylic oxidation sites excluding steroid dienone is 1. The number of hydrogen-bond donors (Lipinski definition) is 1. The van der Waals surface area contributed by atoms with E-state index in [0.717, 1.165) is 19.3 Å². The van der Waals surface area contributed by atoms with Crippen LogP contribution in [-0.2, 0) is 4.74 Å². The van der Waals surface area contributed by atoms with Crippen molar-refractivity contribution in [3.63, 3.8) is 0 Å². The average molecular weight is 142 g/mol. The SMILES string of the molecule is CC[C@@]1(CO)CCC=CO1. The number of rotatable bonds is 2. The van der Waals surface area contributed by atoms with Gasteiger partial charge in [-0.25, -0.2) is 0 Å². The molecule has 0 fully saturated rings. The van der Waals surface area contributed by atoms with Crippen LogP contribution in [0.5, 0.6) is 0 Å². The third kappa shape index (κ3) is 1.32. The van der Waals surface area contributed by atoms with E-state index in [2.05, 4.69) is 0 Å². The summed E-state index contributed by atoms with van der Waals surface area (Å²) in [6.45, 7) is 2.17. The number of aliphatic hydroxyl groups excluding tert-OH is 1. The lowest BCUT2D eigenvalue weighted by Crippen LogP contribution is -2.35. The van der Waals surface area contributed by atoms with E-state index >= 15 is 0 Å². The van der Waals surface area contributed by atoms with Crippen molar-refractivity contribution in [2.45, 2.75) is 31.8 Å². The number of hydrogen-bond acceptors (Lipinski definition) is 2. The van der Waals surface area contributed by atoms with E-state index in [0.29, 0.717) is 0 Å². The number of aliphatic hydroxyl groups is 1. The molecular formula is C8H14O2. The van der Waals surface area contributed by atoms with Crippen LogP contribution in [0.2, 0.25) is 0 Å². The minimum atomic E-state index is -0.269. The summed E-state index contributed by atoms with van der Waals surface area (Å²) in [6, 6.07) is 0. The Hall–Kier alpha value is -0.500. The highest BCUT2D eigenvalue weighted by atomic mass is 16.5. The lowest BCUT2D eigenvalue weighted by molar-refractivity contribution is -0.0431. The smallest absolute Gasteiger partial charge is 0.131 e. The molecule has 0 saturated carbocycles. The summed E-state index contributed by atoms with van der Waals surface area (Å²) in [7, 11) is 0. The monoisotopic (exact) mass is 142 g/mol. The standard InChI is InChI=1S/C8H14O2/c1-2-8(7-9)5-3-4-6-10-8/h4,6,9H,2-3,5,7H2,1H3/t8-/m0/s1. The Balaban J connectivity index is 2.55. The average Bonchev–Trinajstić information content (AvgIpc) is 2.06. The fourth-order valence-corrected chi connectivity index (χ4v) is 1.15. The maximum absolute atomic E-state index is 8.98.